The number of halogens is 7. The summed E-state index contributed by atoms with van der Waals surface area (Å²) in [5.74, 6) is -5.89. The minimum atomic E-state index is -5.08. The van der Waals surface area contributed by atoms with Gasteiger partial charge < -0.3 is 20.2 Å². The molecule has 37 heavy (non-hydrogen) atoms. The first kappa shape index (κ1) is 28.0. The van der Waals surface area contributed by atoms with Crippen LogP contribution in [0.2, 0.25) is 5.22 Å². The Kier molecular flexibility index (Phi) is 8.48. The van der Waals surface area contributed by atoms with Crippen LogP contribution >= 0.6 is 11.6 Å². The van der Waals surface area contributed by atoms with Crippen molar-refractivity contribution in [1.29, 1.82) is 0 Å². The van der Waals surface area contributed by atoms with Crippen molar-refractivity contribution < 1.29 is 45.5 Å². The standard InChI is InChI=1S/C19H17ClF3N5O2.C2HF3O2/c20-17-2-1-16(30-17)19-15-9-27(3-4-28(15)26-25-19)18(29)7-11(24)5-10-6-13(22)14(23)8-12(10)21;3-2(4,5)1(6)7/h1-2,6,8,11H,3-5,7,9,24H2;(H,6,7)/t11-;/m1./s1. The van der Waals surface area contributed by atoms with Gasteiger partial charge in [-0.05, 0) is 41.8 Å². The zero-order valence-corrected chi connectivity index (χ0v) is 19.4. The van der Waals surface area contributed by atoms with Gasteiger partial charge >= 0.3 is 12.1 Å². The molecule has 0 fully saturated rings. The first-order chi connectivity index (χ1) is 17.3. The van der Waals surface area contributed by atoms with Gasteiger partial charge in [0.1, 0.15) is 5.82 Å². The molecule has 16 heteroatoms. The minimum absolute atomic E-state index is 0.0768. The number of carboxylic acids is 1. The van der Waals surface area contributed by atoms with Crippen LogP contribution in [0.5, 0.6) is 0 Å². The Morgan fingerprint density at radius 2 is 1.78 bits per heavy atom. The van der Waals surface area contributed by atoms with Crippen LogP contribution in [-0.4, -0.2) is 55.6 Å². The van der Waals surface area contributed by atoms with E-state index in [9.17, 15) is 31.1 Å². The Labute approximate surface area is 209 Å². The van der Waals surface area contributed by atoms with E-state index in [0.29, 0.717) is 36.3 Å². The van der Waals surface area contributed by atoms with Crippen molar-refractivity contribution in [2.24, 2.45) is 5.73 Å². The van der Waals surface area contributed by atoms with E-state index in [1.165, 1.54) is 0 Å². The van der Waals surface area contributed by atoms with Crippen molar-refractivity contribution in [3.63, 3.8) is 0 Å². The first-order valence-corrected chi connectivity index (χ1v) is 10.8. The number of amides is 1. The maximum atomic E-state index is 13.8. The lowest BCUT2D eigenvalue weighted by Gasteiger charge is -2.28. The molecule has 3 heterocycles. The Balaban J connectivity index is 0.000000479. The summed E-state index contributed by atoms with van der Waals surface area (Å²) in [6.07, 6.45) is -5.26. The number of benzene rings is 1. The molecule has 0 unspecified atom stereocenters. The molecule has 3 N–H and O–H groups in total. The smallest absolute Gasteiger partial charge is 0.475 e. The van der Waals surface area contributed by atoms with E-state index in [-0.39, 0.29) is 36.1 Å². The van der Waals surface area contributed by atoms with Crippen molar-refractivity contribution >= 4 is 23.5 Å². The van der Waals surface area contributed by atoms with Crippen molar-refractivity contribution in [2.45, 2.75) is 38.1 Å². The summed E-state index contributed by atoms with van der Waals surface area (Å²) in [7, 11) is 0. The van der Waals surface area contributed by atoms with Crippen molar-refractivity contribution in [2.75, 3.05) is 6.54 Å². The van der Waals surface area contributed by atoms with Crippen LogP contribution in [0.1, 0.15) is 17.7 Å². The summed E-state index contributed by atoms with van der Waals surface area (Å²) in [6.45, 7) is 1.08. The SMILES string of the molecule is N[C@@H](CC(=O)N1CCn2nnc(-c3ccc(Cl)o3)c2C1)Cc1cc(F)c(F)cc1F.O=C(O)C(F)(F)F. The van der Waals surface area contributed by atoms with Gasteiger partial charge in [0, 0.05) is 25.1 Å². The van der Waals surface area contributed by atoms with Gasteiger partial charge in [0.15, 0.2) is 28.3 Å². The highest BCUT2D eigenvalue weighted by atomic mass is 35.5. The second kappa shape index (κ2) is 11.2. The Morgan fingerprint density at radius 1 is 1.14 bits per heavy atom. The highest BCUT2D eigenvalue weighted by Crippen LogP contribution is 2.28. The highest BCUT2D eigenvalue weighted by Gasteiger charge is 2.38. The van der Waals surface area contributed by atoms with Crippen LogP contribution in [0.25, 0.3) is 11.5 Å². The van der Waals surface area contributed by atoms with Gasteiger partial charge in [-0.25, -0.2) is 22.6 Å². The number of rotatable bonds is 5. The lowest BCUT2D eigenvalue weighted by atomic mass is 10.0. The molecule has 0 saturated carbocycles. The van der Waals surface area contributed by atoms with Crippen LogP contribution in [0.15, 0.2) is 28.7 Å². The van der Waals surface area contributed by atoms with Gasteiger partial charge in [-0.15, -0.1) is 5.10 Å². The zero-order valence-electron chi connectivity index (χ0n) is 18.6. The molecule has 0 saturated heterocycles. The fourth-order valence-electron chi connectivity index (χ4n) is 3.42. The normalized spacial score (nSPS) is 14.0. The number of alkyl halides is 3. The summed E-state index contributed by atoms with van der Waals surface area (Å²) in [6, 6.07) is 3.73. The fourth-order valence-corrected chi connectivity index (χ4v) is 3.56. The Hall–Kier alpha value is -3.59. The van der Waals surface area contributed by atoms with Crippen molar-refractivity contribution in [1.82, 2.24) is 19.9 Å². The predicted octanol–water partition coefficient (Wildman–Crippen LogP) is 3.54. The van der Waals surface area contributed by atoms with Crippen molar-refractivity contribution in [3.8, 4) is 11.5 Å². The summed E-state index contributed by atoms with van der Waals surface area (Å²) < 4.78 is 79.1. The van der Waals surface area contributed by atoms with E-state index >= 15 is 0 Å². The zero-order chi connectivity index (χ0) is 27.5. The second-order valence-corrected chi connectivity index (χ2v) is 8.23. The van der Waals surface area contributed by atoms with Crippen LogP contribution in [-0.2, 0) is 29.1 Å². The molecule has 1 aromatic carbocycles. The average Bonchev–Trinajstić information content (AvgIpc) is 3.42. The maximum Gasteiger partial charge on any atom is 0.490 e. The number of fused-ring (bicyclic) bond motifs is 1. The number of carbonyl (C=O) groups is 2. The summed E-state index contributed by atoms with van der Waals surface area (Å²) >= 11 is 5.82. The lowest BCUT2D eigenvalue weighted by Crippen LogP contribution is -2.41. The molecule has 0 aliphatic carbocycles. The third-order valence-electron chi connectivity index (χ3n) is 5.17. The summed E-state index contributed by atoms with van der Waals surface area (Å²) in [5.41, 5.74) is 7.09. The number of nitrogens with zero attached hydrogens (tertiary/aromatic N) is 4. The van der Waals surface area contributed by atoms with Crippen LogP contribution in [0.3, 0.4) is 0 Å². The molecule has 1 aliphatic heterocycles. The van der Waals surface area contributed by atoms with E-state index in [2.05, 4.69) is 10.3 Å². The molecule has 0 bridgehead atoms. The number of furan rings is 1. The third-order valence-corrected chi connectivity index (χ3v) is 5.37. The number of aromatic nitrogens is 3. The van der Waals surface area contributed by atoms with E-state index in [1.54, 1.807) is 21.7 Å². The Bertz CT molecular complexity index is 1290. The summed E-state index contributed by atoms with van der Waals surface area (Å²) in [4.78, 5) is 23.2. The van der Waals surface area contributed by atoms with Crippen LogP contribution < -0.4 is 5.73 Å². The topological polar surface area (TPSA) is 127 Å². The molecule has 4 rings (SSSR count). The molecular formula is C21H18ClF6N5O4. The molecule has 1 aliphatic rings. The summed E-state index contributed by atoms with van der Waals surface area (Å²) in [5, 5.41) is 15.5. The van der Waals surface area contributed by atoms with Crippen LogP contribution in [0.4, 0.5) is 26.3 Å². The molecule has 0 radical (unpaired) electrons. The molecule has 3 aromatic rings. The lowest BCUT2D eigenvalue weighted by molar-refractivity contribution is -0.192. The van der Waals surface area contributed by atoms with Gasteiger partial charge in [0.2, 0.25) is 5.91 Å². The van der Waals surface area contributed by atoms with E-state index in [1.807, 2.05) is 0 Å². The number of carbonyl (C=O) groups excluding carboxylic acids is 1. The molecule has 1 amide bonds. The number of carboxylic acid groups (broad SMARTS) is 1. The minimum Gasteiger partial charge on any atom is -0.475 e. The fraction of sp³-hybridized carbons (Fsp3) is 0.333. The molecule has 0 spiro atoms. The molecule has 9 nitrogen and oxygen atoms in total. The quantitative estimate of drug-likeness (QED) is 0.365. The average molecular weight is 554 g/mol. The van der Waals surface area contributed by atoms with Gasteiger partial charge in [-0.3, -0.25) is 4.79 Å². The largest absolute Gasteiger partial charge is 0.490 e. The second-order valence-electron chi connectivity index (χ2n) is 7.86. The van der Waals surface area contributed by atoms with Crippen LogP contribution in [0, 0.1) is 17.5 Å². The van der Waals surface area contributed by atoms with E-state index in [4.69, 9.17) is 31.7 Å². The first-order valence-electron chi connectivity index (χ1n) is 10.4. The van der Waals surface area contributed by atoms with E-state index < -0.39 is 35.6 Å². The van der Waals surface area contributed by atoms with E-state index in [0.717, 1.165) is 6.07 Å². The number of hydrogen-bond acceptors (Lipinski definition) is 6. The van der Waals surface area contributed by atoms with Gasteiger partial charge in [0.25, 0.3) is 0 Å². The number of aliphatic carboxylic acids is 1. The molecular weight excluding hydrogens is 536 g/mol. The molecule has 1 atom stereocenters. The maximum absolute atomic E-state index is 13.8. The highest BCUT2D eigenvalue weighted by molar-refractivity contribution is 6.29. The number of hydrogen-bond donors (Lipinski definition) is 2. The van der Waals surface area contributed by atoms with Gasteiger partial charge in [-0.2, -0.15) is 13.2 Å². The molecule has 2 aromatic heterocycles. The monoisotopic (exact) mass is 553 g/mol. The molecule has 200 valence electrons. The van der Waals surface area contributed by atoms with Gasteiger partial charge in [-0.1, -0.05) is 5.21 Å². The van der Waals surface area contributed by atoms with Crippen molar-refractivity contribution in [3.05, 3.63) is 58.2 Å². The Morgan fingerprint density at radius 3 is 2.38 bits per heavy atom. The van der Waals surface area contributed by atoms with Gasteiger partial charge in [0.05, 0.1) is 18.8 Å². The number of nitrogens with two attached hydrogens (primary N) is 1. The predicted molar refractivity (Wildman–Crippen MR) is 114 cm³/mol. The third kappa shape index (κ3) is 7.01.